The maximum Gasteiger partial charge on any atom is 0.471 e. The van der Waals surface area contributed by atoms with Gasteiger partial charge in [-0.05, 0) is 36.5 Å². The van der Waals surface area contributed by atoms with Crippen LogP contribution in [0.3, 0.4) is 0 Å². The van der Waals surface area contributed by atoms with Crippen molar-refractivity contribution in [2.24, 2.45) is 23.2 Å². The fraction of sp³-hybridized carbons (Fsp3) is 0.783. The molecular formula is C23H32ClF4N5O5. The van der Waals surface area contributed by atoms with Crippen LogP contribution >= 0.6 is 11.6 Å². The first-order valence-corrected chi connectivity index (χ1v) is 12.8. The highest BCUT2D eigenvalue weighted by molar-refractivity contribution is 6.29. The van der Waals surface area contributed by atoms with Gasteiger partial charge in [-0.3, -0.25) is 29.4 Å². The van der Waals surface area contributed by atoms with E-state index in [0.29, 0.717) is 30.8 Å². The van der Waals surface area contributed by atoms with Crippen LogP contribution in [0.25, 0.3) is 0 Å². The van der Waals surface area contributed by atoms with E-state index in [-0.39, 0.29) is 30.8 Å². The molecule has 1 aliphatic carbocycles. The van der Waals surface area contributed by atoms with E-state index in [4.69, 9.17) is 11.6 Å². The van der Waals surface area contributed by atoms with E-state index in [2.05, 4.69) is 10.7 Å². The van der Waals surface area contributed by atoms with E-state index in [0.717, 1.165) is 11.3 Å². The number of nitrogens with zero attached hydrogens (tertiary/aromatic N) is 2. The number of rotatable bonds is 6. The second kappa shape index (κ2) is 11.2. The first-order chi connectivity index (χ1) is 17.5. The number of fused-ring (bicyclic) bond motifs is 1. The van der Waals surface area contributed by atoms with Gasteiger partial charge < -0.3 is 15.5 Å². The zero-order valence-electron chi connectivity index (χ0n) is 21.2. The van der Waals surface area contributed by atoms with Gasteiger partial charge in [-0.1, -0.05) is 38.8 Å². The predicted molar refractivity (Wildman–Crippen MR) is 125 cm³/mol. The summed E-state index contributed by atoms with van der Waals surface area (Å²) in [4.78, 5) is 64.4. The molecule has 3 aliphatic rings. The number of amides is 5. The molecule has 3 rings (SSSR count). The lowest BCUT2D eigenvalue weighted by atomic mass is 9.85. The molecule has 0 aromatic rings. The van der Waals surface area contributed by atoms with Crippen molar-refractivity contribution in [2.45, 2.75) is 70.3 Å². The minimum Gasteiger partial charge on any atom is -0.356 e. The highest BCUT2D eigenvalue weighted by atomic mass is 35.5. The molecule has 0 radical (unpaired) electrons. The van der Waals surface area contributed by atoms with Crippen LogP contribution in [0.1, 0.15) is 46.5 Å². The third-order valence-electron chi connectivity index (χ3n) is 7.35. The predicted octanol–water partition coefficient (Wildman–Crippen LogP) is 1.24. The Morgan fingerprint density at radius 2 is 1.82 bits per heavy atom. The maximum absolute atomic E-state index is 13.7. The molecule has 0 spiro atoms. The highest BCUT2D eigenvalue weighted by Gasteiger charge is 2.53. The number of alkyl halides is 5. The van der Waals surface area contributed by atoms with Crippen LogP contribution in [0.2, 0.25) is 0 Å². The van der Waals surface area contributed by atoms with E-state index < -0.39 is 58.9 Å². The molecule has 2 aliphatic heterocycles. The SMILES string of the molecule is CC(C)(C)[C@H](NC(=O)C(F)(F)F)C(=O)N1C[C@@H]2CCC[C@@H]2[C@H]1C(=O)NN(C[C@@H]1CCNC1=O)C(=O)[C@H](F)Cl. The molecule has 15 heteroatoms. The average molecular weight is 570 g/mol. The number of hydrogen-bond acceptors (Lipinski definition) is 5. The molecule has 6 atom stereocenters. The number of likely N-dealkylation sites (tertiary alicyclic amines) is 1. The first-order valence-electron chi connectivity index (χ1n) is 12.4. The van der Waals surface area contributed by atoms with E-state index in [1.807, 2.05) is 0 Å². The number of nitrogens with one attached hydrogen (secondary N) is 3. The fourth-order valence-electron chi connectivity index (χ4n) is 5.44. The van der Waals surface area contributed by atoms with Crippen molar-refractivity contribution >= 4 is 41.1 Å². The van der Waals surface area contributed by atoms with Gasteiger partial charge in [0.15, 0.2) is 0 Å². The zero-order valence-corrected chi connectivity index (χ0v) is 22.0. The Kier molecular flexibility index (Phi) is 8.84. The lowest BCUT2D eigenvalue weighted by Crippen LogP contribution is -2.61. The monoisotopic (exact) mass is 569 g/mol. The number of carbonyl (C=O) groups is 5. The fourth-order valence-corrected chi connectivity index (χ4v) is 5.56. The smallest absolute Gasteiger partial charge is 0.356 e. The van der Waals surface area contributed by atoms with Crippen molar-refractivity contribution in [1.82, 2.24) is 26.0 Å². The largest absolute Gasteiger partial charge is 0.471 e. The summed E-state index contributed by atoms with van der Waals surface area (Å²) in [5, 5.41) is 4.95. The Labute approximate surface area is 222 Å². The van der Waals surface area contributed by atoms with Crippen molar-refractivity contribution in [1.29, 1.82) is 0 Å². The molecule has 38 heavy (non-hydrogen) atoms. The van der Waals surface area contributed by atoms with Crippen LogP contribution in [-0.2, 0) is 24.0 Å². The molecule has 0 aromatic carbocycles. The van der Waals surface area contributed by atoms with Crippen LogP contribution in [0.5, 0.6) is 0 Å². The number of halogens is 5. The van der Waals surface area contributed by atoms with Crippen LogP contribution < -0.4 is 16.1 Å². The van der Waals surface area contributed by atoms with Crippen molar-refractivity contribution in [2.75, 3.05) is 19.6 Å². The molecule has 0 aromatic heterocycles. The molecule has 10 nitrogen and oxygen atoms in total. The minimum absolute atomic E-state index is 0.0657. The van der Waals surface area contributed by atoms with Crippen LogP contribution in [0.4, 0.5) is 17.6 Å². The summed E-state index contributed by atoms with van der Waals surface area (Å²) in [6.45, 7) is 4.49. The third kappa shape index (κ3) is 6.49. The van der Waals surface area contributed by atoms with Gasteiger partial charge in [0.05, 0.1) is 12.5 Å². The maximum atomic E-state index is 13.7. The molecule has 5 amide bonds. The van der Waals surface area contributed by atoms with Crippen molar-refractivity contribution in [3.8, 4) is 0 Å². The third-order valence-corrected chi connectivity index (χ3v) is 7.54. The summed E-state index contributed by atoms with van der Waals surface area (Å²) >= 11 is 5.33. The second-order valence-electron chi connectivity index (χ2n) is 11.1. The Hall–Kier alpha value is -2.64. The molecule has 2 heterocycles. The van der Waals surface area contributed by atoms with Gasteiger partial charge in [0.25, 0.3) is 17.4 Å². The Morgan fingerprint density at radius 1 is 1.16 bits per heavy atom. The van der Waals surface area contributed by atoms with Gasteiger partial charge in [0.2, 0.25) is 11.8 Å². The van der Waals surface area contributed by atoms with E-state index in [9.17, 15) is 41.5 Å². The van der Waals surface area contributed by atoms with E-state index in [1.54, 1.807) is 5.32 Å². The van der Waals surface area contributed by atoms with E-state index in [1.165, 1.54) is 20.8 Å². The van der Waals surface area contributed by atoms with Gasteiger partial charge in [-0.15, -0.1) is 0 Å². The molecule has 2 saturated heterocycles. The quantitative estimate of drug-likeness (QED) is 0.252. The van der Waals surface area contributed by atoms with E-state index >= 15 is 0 Å². The molecule has 3 N–H and O–H groups in total. The van der Waals surface area contributed by atoms with Gasteiger partial charge >= 0.3 is 12.1 Å². The lowest BCUT2D eigenvalue weighted by molar-refractivity contribution is -0.176. The second-order valence-corrected chi connectivity index (χ2v) is 11.4. The molecule has 214 valence electrons. The van der Waals surface area contributed by atoms with Gasteiger partial charge in [-0.25, -0.2) is 9.40 Å². The standard InChI is InChI=1S/C23H32ClF4N5O5/c1-22(2,3)15(30-21(38)23(26,27)28)19(36)32-9-11-5-4-6-13(11)14(32)18(35)31-33(20(37)16(24)25)10-12-7-8-29-17(12)34/h11-16H,4-10H2,1-3H3,(H,29,34)(H,30,38)(H,31,35)/t11-,12-,13-,14-,15+,16-/m0/s1. The normalized spacial score (nSPS) is 26.8. The molecule has 1 saturated carbocycles. The Balaban J connectivity index is 1.87. The number of carbonyl (C=O) groups excluding carboxylic acids is 5. The number of hydrazine groups is 1. The van der Waals surface area contributed by atoms with Gasteiger partial charge in [0, 0.05) is 13.1 Å². The van der Waals surface area contributed by atoms with Crippen LogP contribution in [0.15, 0.2) is 0 Å². The summed E-state index contributed by atoms with van der Waals surface area (Å²) < 4.78 is 52.7. The number of hydrogen-bond donors (Lipinski definition) is 3. The highest BCUT2D eigenvalue weighted by Crippen LogP contribution is 2.43. The van der Waals surface area contributed by atoms with Crippen molar-refractivity contribution < 1.29 is 41.5 Å². The molecular weight excluding hydrogens is 538 g/mol. The Morgan fingerprint density at radius 3 is 2.34 bits per heavy atom. The summed E-state index contributed by atoms with van der Waals surface area (Å²) in [5.41, 5.74) is -1.35. The summed E-state index contributed by atoms with van der Waals surface area (Å²) in [6.07, 6.45) is -2.91. The summed E-state index contributed by atoms with van der Waals surface area (Å²) in [7, 11) is 0. The minimum atomic E-state index is -5.22. The molecule has 0 unspecified atom stereocenters. The van der Waals surface area contributed by atoms with Crippen LogP contribution in [0, 0.1) is 23.2 Å². The van der Waals surface area contributed by atoms with Gasteiger partial charge in [0.1, 0.15) is 12.1 Å². The topological polar surface area (TPSA) is 128 Å². The molecule has 0 bridgehead atoms. The Bertz CT molecular complexity index is 973. The van der Waals surface area contributed by atoms with Crippen molar-refractivity contribution in [3.05, 3.63) is 0 Å². The lowest BCUT2D eigenvalue weighted by Gasteiger charge is -2.37. The van der Waals surface area contributed by atoms with Gasteiger partial charge in [-0.2, -0.15) is 13.2 Å². The average Bonchev–Trinajstić information content (AvgIpc) is 3.50. The summed E-state index contributed by atoms with van der Waals surface area (Å²) in [6, 6.07) is -2.80. The zero-order chi connectivity index (χ0) is 28.6. The van der Waals surface area contributed by atoms with Crippen LogP contribution in [-0.4, -0.2) is 83.0 Å². The first kappa shape index (κ1) is 29.9. The molecule has 3 fully saturated rings. The van der Waals surface area contributed by atoms with Crippen molar-refractivity contribution in [3.63, 3.8) is 0 Å². The summed E-state index contributed by atoms with van der Waals surface area (Å²) in [5.74, 6) is -6.91.